The largest absolute Gasteiger partial charge is 0.459 e. The fraction of sp³-hybridized carbons (Fsp3) is 0.923. The molecule has 118 valence electrons. The van der Waals surface area contributed by atoms with E-state index in [4.69, 9.17) is 10.5 Å². The van der Waals surface area contributed by atoms with Crippen LogP contribution in [-0.2, 0) is 19.6 Å². The topological polar surface area (TPSA) is 89.7 Å². The van der Waals surface area contributed by atoms with Gasteiger partial charge in [-0.3, -0.25) is 4.79 Å². The molecule has 0 aliphatic heterocycles. The molecule has 0 aromatic carbocycles. The molecule has 2 N–H and O–H groups in total. The number of hydrogen-bond donors (Lipinski definition) is 1. The first-order chi connectivity index (χ1) is 9.15. The van der Waals surface area contributed by atoms with Gasteiger partial charge in [0, 0.05) is 12.6 Å². The van der Waals surface area contributed by atoms with Crippen molar-refractivity contribution in [2.75, 3.05) is 18.8 Å². The fourth-order valence-electron chi connectivity index (χ4n) is 2.41. The molecule has 1 saturated carbocycles. The van der Waals surface area contributed by atoms with E-state index in [0.717, 1.165) is 25.7 Å². The lowest BCUT2D eigenvalue weighted by atomic mass is 10.2. The van der Waals surface area contributed by atoms with Crippen LogP contribution in [0, 0.1) is 0 Å². The van der Waals surface area contributed by atoms with Gasteiger partial charge in [0.2, 0.25) is 10.0 Å². The van der Waals surface area contributed by atoms with Crippen molar-refractivity contribution in [3.05, 3.63) is 0 Å². The van der Waals surface area contributed by atoms with Crippen LogP contribution in [0.3, 0.4) is 0 Å². The molecule has 1 fully saturated rings. The van der Waals surface area contributed by atoms with E-state index in [9.17, 15) is 13.2 Å². The zero-order chi connectivity index (χ0) is 15.4. The molecule has 0 spiro atoms. The fourth-order valence-corrected chi connectivity index (χ4v) is 3.91. The zero-order valence-electron chi connectivity index (χ0n) is 12.6. The molecule has 0 radical (unpaired) electrons. The van der Waals surface area contributed by atoms with Gasteiger partial charge >= 0.3 is 5.97 Å². The predicted molar refractivity (Wildman–Crippen MR) is 77.6 cm³/mol. The third kappa shape index (κ3) is 5.38. The van der Waals surface area contributed by atoms with Gasteiger partial charge in [-0.25, -0.2) is 8.42 Å². The lowest BCUT2D eigenvalue weighted by molar-refractivity contribution is -0.155. The summed E-state index contributed by atoms with van der Waals surface area (Å²) in [5.41, 5.74) is 4.75. The van der Waals surface area contributed by atoms with Gasteiger partial charge in [-0.2, -0.15) is 4.31 Å². The Balaban J connectivity index is 2.80. The molecule has 7 heteroatoms. The Morgan fingerprint density at radius 3 is 2.30 bits per heavy atom. The summed E-state index contributed by atoms with van der Waals surface area (Å²) in [6.45, 7) is 5.13. The molecule has 6 nitrogen and oxygen atoms in total. The number of esters is 1. The Kier molecular flexibility index (Phi) is 5.97. The highest BCUT2D eigenvalue weighted by Gasteiger charge is 2.34. The minimum Gasteiger partial charge on any atom is -0.459 e. The quantitative estimate of drug-likeness (QED) is 0.735. The summed E-state index contributed by atoms with van der Waals surface area (Å²) in [6, 6.07) is -0.0981. The van der Waals surface area contributed by atoms with Crippen LogP contribution in [0.1, 0.15) is 46.5 Å². The van der Waals surface area contributed by atoms with Crippen LogP contribution in [0.4, 0.5) is 0 Å². The number of hydrogen-bond acceptors (Lipinski definition) is 5. The maximum Gasteiger partial charge on any atom is 0.321 e. The van der Waals surface area contributed by atoms with Gasteiger partial charge in [-0.1, -0.05) is 12.8 Å². The maximum atomic E-state index is 12.3. The highest BCUT2D eigenvalue weighted by molar-refractivity contribution is 7.89. The molecule has 1 rings (SSSR count). The SMILES string of the molecule is CC(C)(C)OC(=O)CN(C1CCCC1)S(=O)(=O)CCN. The number of ether oxygens (including phenoxy) is 1. The molecule has 20 heavy (non-hydrogen) atoms. The number of nitrogens with two attached hydrogens (primary N) is 1. The average molecular weight is 306 g/mol. The van der Waals surface area contributed by atoms with E-state index in [1.54, 1.807) is 20.8 Å². The van der Waals surface area contributed by atoms with E-state index in [0.29, 0.717) is 0 Å². The van der Waals surface area contributed by atoms with E-state index in [2.05, 4.69) is 0 Å². The molecule has 0 aromatic heterocycles. The summed E-state index contributed by atoms with van der Waals surface area (Å²) in [5, 5.41) is 0. The number of carbonyl (C=O) groups is 1. The van der Waals surface area contributed by atoms with Crippen molar-refractivity contribution in [1.29, 1.82) is 0 Å². The van der Waals surface area contributed by atoms with Crippen LogP contribution in [0.25, 0.3) is 0 Å². The average Bonchev–Trinajstić information content (AvgIpc) is 2.76. The molecule has 0 amide bonds. The Morgan fingerprint density at radius 2 is 1.85 bits per heavy atom. The number of carbonyl (C=O) groups excluding carboxylic acids is 1. The van der Waals surface area contributed by atoms with E-state index in [1.807, 2.05) is 0 Å². The van der Waals surface area contributed by atoms with Crippen molar-refractivity contribution in [2.24, 2.45) is 5.73 Å². The summed E-state index contributed by atoms with van der Waals surface area (Å²) in [4.78, 5) is 11.9. The Hall–Kier alpha value is -0.660. The van der Waals surface area contributed by atoms with Crippen LogP contribution in [0.5, 0.6) is 0 Å². The summed E-state index contributed by atoms with van der Waals surface area (Å²) >= 11 is 0. The van der Waals surface area contributed by atoms with Crippen molar-refractivity contribution < 1.29 is 17.9 Å². The molecule has 1 aliphatic rings. The third-order valence-electron chi connectivity index (χ3n) is 3.17. The number of sulfonamides is 1. The van der Waals surface area contributed by atoms with E-state index < -0.39 is 21.6 Å². The molecule has 0 aromatic rings. The predicted octanol–water partition coefficient (Wildman–Crippen LogP) is 0.861. The molecule has 0 unspecified atom stereocenters. The number of nitrogens with zero attached hydrogens (tertiary/aromatic N) is 1. The second-order valence-electron chi connectivity index (χ2n) is 6.17. The molecular formula is C13H26N2O4S. The van der Waals surface area contributed by atoms with E-state index in [1.165, 1.54) is 4.31 Å². The van der Waals surface area contributed by atoms with Crippen molar-refractivity contribution in [2.45, 2.75) is 58.1 Å². The first-order valence-corrected chi connectivity index (χ1v) is 8.68. The molecule has 0 bridgehead atoms. The summed E-state index contributed by atoms with van der Waals surface area (Å²) in [6.07, 6.45) is 3.58. The normalized spacial score (nSPS) is 17.6. The van der Waals surface area contributed by atoms with E-state index in [-0.39, 0.29) is 24.9 Å². The van der Waals surface area contributed by atoms with Gasteiger partial charge < -0.3 is 10.5 Å². The zero-order valence-corrected chi connectivity index (χ0v) is 13.4. The minimum atomic E-state index is -3.50. The highest BCUT2D eigenvalue weighted by atomic mass is 32.2. The smallest absolute Gasteiger partial charge is 0.321 e. The van der Waals surface area contributed by atoms with Gasteiger partial charge in [0.1, 0.15) is 12.1 Å². The van der Waals surface area contributed by atoms with Gasteiger partial charge in [0.25, 0.3) is 0 Å². The third-order valence-corrected chi connectivity index (χ3v) is 5.06. The van der Waals surface area contributed by atoms with Crippen molar-refractivity contribution >= 4 is 16.0 Å². The van der Waals surface area contributed by atoms with Gasteiger partial charge in [-0.15, -0.1) is 0 Å². The van der Waals surface area contributed by atoms with Gasteiger partial charge in [0.15, 0.2) is 0 Å². The van der Waals surface area contributed by atoms with Crippen LogP contribution >= 0.6 is 0 Å². The second kappa shape index (κ2) is 6.87. The van der Waals surface area contributed by atoms with E-state index >= 15 is 0 Å². The van der Waals surface area contributed by atoms with Crippen molar-refractivity contribution in [1.82, 2.24) is 4.31 Å². The van der Waals surface area contributed by atoms with Gasteiger partial charge in [0.05, 0.1) is 5.75 Å². The minimum absolute atomic E-state index is 0.0554. The maximum absolute atomic E-state index is 12.3. The summed E-state index contributed by atoms with van der Waals surface area (Å²) < 4.78 is 31.0. The Labute approximate surface area is 121 Å². The standard InChI is InChI=1S/C13H26N2O4S/c1-13(2,3)19-12(16)10-15(11-6-4-5-7-11)20(17,18)9-8-14/h11H,4-10,14H2,1-3H3. The summed E-state index contributed by atoms with van der Waals surface area (Å²) in [7, 11) is -3.50. The van der Waals surface area contributed by atoms with Crippen molar-refractivity contribution in [3.8, 4) is 0 Å². The molecule has 0 heterocycles. The summed E-state index contributed by atoms with van der Waals surface area (Å²) in [5.74, 6) is -0.642. The molecule has 0 atom stereocenters. The van der Waals surface area contributed by atoms with Crippen LogP contribution < -0.4 is 5.73 Å². The first kappa shape index (κ1) is 17.4. The molecule has 0 saturated heterocycles. The lowest BCUT2D eigenvalue weighted by Crippen LogP contribution is -2.45. The molecular weight excluding hydrogens is 280 g/mol. The number of rotatable bonds is 6. The molecule has 1 aliphatic carbocycles. The lowest BCUT2D eigenvalue weighted by Gasteiger charge is -2.28. The van der Waals surface area contributed by atoms with Crippen molar-refractivity contribution in [3.63, 3.8) is 0 Å². The first-order valence-electron chi connectivity index (χ1n) is 7.07. The second-order valence-corrected chi connectivity index (χ2v) is 8.22. The van der Waals surface area contributed by atoms with Crippen LogP contribution in [-0.4, -0.2) is 49.2 Å². The Morgan fingerprint density at radius 1 is 1.30 bits per heavy atom. The highest BCUT2D eigenvalue weighted by Crippen LogP contribution is 2.26. The van der Waals surface area contributed by atoms with Gasteiger partial charge in [-0.05, 0) is 33.6 Å². The Bertz CT molecular complexity index is 422. The monoisotopic (exact) mass is 306 g/mol. The van der Waals surface area contributed by atoms with Crippen LogP contribution in [0.15, 0.2) is 0 Å². The van der Waals surface area contributed by atoms with Crippen LogP contribution in [0.2, 0.25) is 0 Å².